The van der Waals surface area contributed by atoms with Crippen LogP contribution in [0.1, 0.15) is 24.0 Å². The quantitative estimate of drug-likeness (QED) is 0.648. The first-order chi connectivity index (χ1) is 13.3. The van der Waals surface area contributed by atoms with Crippen LogP contribution in [0.3, 0.4) is 0 Å². The third-order valence-electron chi connectivity index (χ3n) is 5.75. The van der Waals surface area contributed by atoms with Gasteiger partial charge in [0.1, 0.15) is 0 Å². The van der Waals surface area contributed by atoms with E-state index in [1.165, 1.54) is 36.1 Å². The van der Waals surface area contributed by atoms with Crippen LogP contribution in [-0.2, 0) is 12.8 Å². The molecule has 2 aromatic rings. The molecule has 4 rings (SSSR count). The zero-order valence-corrected chi connectivity index (χ0v) is 17.5. The van der Waals surface area contributed by atoms with Crippen LogP contribution in [0.2, 0.25) is 0 Å². The molecule has 4 nitrogen and oxygen atoms in total. The van der Waals surface area contributed by atoms with Crippen LogP contribution in [0.15, 0.2) is 42.5 Å². The van der Waals surface area contributed by atoms with Gasteiger partial charge in [-0.05, 0) is 61.1 Å². The van der Waals surface area contributed by atoms with Crippen LogP contribution < -0.4 is 14.4 Å². The molecule has 0 amide bonds. The van der Waals surface area contributed by atoms with Gasteiger partial charge in [0.15, 0.2) is 11.5 Å². The van der Waals surface area contributed by atoms with Crippen molar-refractivity contribution in [3.8, 4) is 11.5 Å². The van der Waals surface area contributed by atoms with Crippen LogP contribution >= 0.6 is 12.4 Å². The Morgan fingerprint density at radius 3 is 2.25 bits per heavy atom. The van der Waals surface area contributed by atoms with Crippen molar-refractivity contribution < 1.29 is 9.47 Å². The van der Waals surface area contributed by atoms with Crippen LogP contribution in [-0.4, -0.2) is 51.3 Å². The third kappa shape index (κ3) is 4.92. The molecule has 0 atom stereocenters. The van der Waals surface area contributed by atoms with Gasteiger partial charge < -0.3 is 14.4 Å². The van der Waals surface area contributed by atoms with E-state index in [1.54, 1.807) is 7.11 Å². The zero-order valence-electron chi connectivity index (χ0n) is 16.7. The van der Waals surface area contributed by atoms with Gasteiger partial charge in [0, 0.05) is 38.4 Å². The molecule has 0 N–H and O–H groups in total. The molecule has 0 spiro atoms. The fraction of sp³-hybridized carbons (Fsp3) is 0.478. The van der Waals surface area contributed by atoms with E-state index < -0.39 is 0 Å². The monoisotopic (exact) mass is 402 g/mol. The average Bonchev–Trinajstić information content (AvgIpc) is 3.19. The maximum Gasteiger partial charge on any atom is 0.161 e. The summed E-state index contributed by atoms with van der Waals surface area (Å²) >= 11 is 0. The van der Waals surface area contributed by atoms with Crippen molar-refractivity contribution >= 4 is 18.1 Å². The molecule has 152 valence electrons. The van der Waals surface area contributed by atoms with Gasteiger partial charge in [0.2, 0.25) is 0 Å². The maximum absolute atomic E-state index is 6.07. The third-order valence-corrected chi connectivity index (χ3v) is 5.75. The Balaban J connectivity index is 0.00000225. The number of rotatable bonds is 7. The van der Waals surface area contributed by atoms with Gasteiger partial charge in [-0.25, -0.2) is 0 Å². The number of fused-ring (bicyclic) bond motifs is 1. The normalized spacial score (nSPS) is 16.4. The Kier molecular flexibility index (Phi) is 7.46. The molecule has 2 aromatic carbocycles. The average molecular weight is 403 g/mol. The predicted octanol–water partition coefficient (Wildman–Crippen LogP) is 4.20. The Hall–Kier alpha value is -1.91. The second kappa shape index (κ2) is 10.0. The van der Waals surface area contributed by atoms with Gasteiger partial charge in [-0.15, -0.1) is 12.4 Å². The number of nitrogens with zero attached hydrogens (tertiary/aromatic N) is 2. The highest BCUT2D eigenvalue weighted by Gasteiger charge is 2.18. The van der Waals surface area contributed by atoms with E-state index in [4.69, 9.17) is 9.47 Å². The summed E-state index contributed by atoms with van der Waals surface area (Å²) in [6.07, 6.45) is 4.63. The van der Waals surface area contributed by atoms with E-state index in [9.17, 15) is 0 Å². The summed E-state index contributed by atoms with van der Waals surface area (Å²) in [7, 11) is 1.73. The fourth-order valence-corrected chi connectivity index (χ4v) is 4.19. The largest absolute Gasteiger partial charge is 0.493 e. The number of benzene rings is 2. The summed E-state index contributed by atoms with van der Waals surface area (Å²) in [4.78, 5) is 5.02. The van der Waals surface area contributed by atoms with Gasteiger partial charge in [0.25, 0.3) is 0 Å². The van der Waals surface area contributed by atoms with Crippen LogP contribution in [0.4, 0.5) is 5.69 Å². The van der Waals surface area contributed by atoms with E-state index in [-0.39, 0.29) is 12.4 Å². The van der Waals surface area contributed by atoms with Crippen molar-refractivity contribution in [3.63, 3.8) is 0 Å². The molecular weight excluding hydrogens is 372 g/mol. The number of piperazine rings is 1. The van der Waals surface area contributed by atoms with E-state index in [0.717, 1.165) is 57.3 Å². The second-order valence-corrected chi connectivity index (χ2v) is 7.49. The minimum Gasteiger partial charge on any atom is -0.493 e. The van der Waals surface area contributed by atoms with Crippen molar-refractivity contribution in [2.75, 3.05) is 51.3 Å². The molecule has 0 bridgehead atoms. The van der Waals surface area contributed by atoms with Crippen molar-refractivity contribution in [2.45, 2.75) is 25.7 Å². The van der Waals surface area contributed by atoms with Crippen LogP contribution in [0.5, 0.6) is 11.5 Å². The first-order valence-corrected chi connectivity index (χ1v) is 10.2. The van der Waals surface area contributed by atoms with Gasteiger partial charge >= 0.3 is 0 Å². The molecule has 1 aliphatic heterocycles. The molecule has 0 unspecified atom stereocenters. The Morgan fingerprint density at radius 1 is 0.893 bits per heavy atom. The maximum atomic E-state index is 6.07. The number of halogens is 1. The van der Waals surface area contributed by atoms with Gasteiger partial charge in [-0.3, -0.25) is 4.90 Å². The number of aryl methyl sites for hydroxylation is 2. The van der Waals surface area contributed by atoms with Gasteiger partial charge in [0.05, 0.1) is 13.7 Å². The highest BCUT2D eigenvalue weighted by molar-refractivity contribution is 5.85. The van der Waals surface area contributed by atoms with Crippen molar-refractivity contribution in [3.05, 3.63) is 53.6 Å². The molecule has 1 aliphatic carbocycles. The Bertz CT molecular complexity index is 746. The smallest absolute Gasteiger partial charge is 0.161 e. The molecular formula is C23H31ClN2O2. The van der Waals surface area contributed by atoms with Gasteiger partial charge in [-0.1, -0.05) is 18.2 Å². The van der Waals surface area contributed by atoms with E-state index >= 15 is 0 Å². The lowest BCUT2D eigenvalue weighted by Crippen LogP contribution is -2.46. The minimum absolute atomic E-state index is 0. The van der Waals surface area contributed by atoms with Crippen molar-refractivity contribution in [2.24, 2.45) is 0 Å². The number of para-hydroxylation sites is 1. The summed E-state index contributed by atoms with van der Waals surface area (Å²) in [5.74, 6) is 1.79. The van der Waals surface area contributed by atoms with E-state index in [0.29, 0.717) is 0 Å². The van der Waals surface area contributed by atoms with Crippen LogP contribution in [0.25, 0.3) is 0 Å². The summed E-state index contributed by atoms with van der Waals surface area (Å²) in [5, 5.41) is 0. The molecule has 0 radical (unpaired) electrons. The van der Waals surface area contributed by atoms with Gasteiger partial charge in [-0.2, -0.15) is 0 Å². The summed E-state index contributed by atoms with van der Waals surface area (Å²) < 4.78 is 11.6. The molecule has 2 aliphatic rings. The lowest BCUT2D eigenvalue weighted by Gasteiger charge is -2.36. The van der Waals surface area contributed by atoms with Crippen molar-refractivity contribution in [1.82, 2.24) is 4.90 Å². The standard InChI is InChI=1S/C23H30N2O2.ClH/c1-26-22-17-19-7-5-8-20(19)18-23(22)27-16-6-11-24-12-14-25(15-13-24)21-9-3-2-4-10-21;/h2-4,9-10,17-18H,5-8,11-16H2,1H3;1H. The molecule has 1 heterocycles. The number of methoxy groups -OCH3 is 1. The highest BCUT2D eigenvalue weighted by atomic mass is 35.5. The number of hydrogen-bond acceptors (Lipinski definition) is 4. The predicted molar refractivity (Wildman–Crippen MR) is 117 cm³/mol. The zero-order chi connectivity index (χ0) is 18.5. The first-order valence-electron chi connectivity index (χ1n) is 10.2. The lowest BCUT2D eigenvalue weighted by molar-refractivity contribution is 0.221. The highest BCUT2D eigenvalue weighted by Crippen LogP contribution is 2.35. The Morgan fingerprint density at radius 2 is 1.57 bits per heavy atom. The van der Waals surface area contributed by atoms with Crippen LogP contribution in [0, 0.1) is 0 Å². The summed E-state index contributed by atoms with van der Waals surface area (Å²) in [6.45, 7) is 6.28. The first kappa shape index (κ1) is 20.8. The van der Waals surface area contributed by atoms with E-state index in [2.05, 4.69) is 52.3 Å². The molecule has 1 fully saturated rings. The minimum atomic E-state index is 0. The SMILES string of the molecule is COc1cc2c(cc1OCCCN1CCN(c3ccccc3)CC1)CCC2.Cl. The van der Waals surface area contributed by atoms with Crippen molar-refractivity contribution in [1.29, 1.82) is 0 Å². The molecule has 0 aromatic heterocycles. The summed E-state index contributed by atoms with van der Waals surface area (Å²) in [6, 6.07) is 15.1. The summed E-state index contributed by atoms with van der Waals surface area (Å²) in [5.41, 5.74) is 4.20. The molecule has 28 heavy (non-hydrogen) atoms. The lowest BCUT2D eigenvalue weighted by atomic mass is 10.1. The fourth-order valence-electron chi connectivity index (χ4n) is 4.19. The van der Waals surface area contributed by atoms with E-state index in [1.807, 2.05) is 0 Å². The Labute approximate surface area is 174 Å². The number of ether oxygens (including phenoxy) is 2. The molecule has 1 saturated heterocycles. The topological polar surface area (TPSA) is 24.9 Å². The number of hydrogen-bond donors (Lipinski definition) is 0. The molecule has 0 saturated carbocycles. The second-order valence-electron chi connectivity index (χ2n) is 7.49. The molecule has 5 heteroatoms. The number of anilines is 1.